The Bertz CT molecular complexity index is 4390. The summed E-state index contributed by atoms with van der Waals surface area (Å²) in [4.78, 5) is 0. The molecule has 14 aromatic rings. The van der Waals surface area contributed by atoms with E-state index >= 15 is 0 Å². The van der Waals surface area contributed by atoms with Crippen LogP contribution in [0.1, 0.15) is 5.56 Å². The van der Waals surface area contributed by atoms with Crippen LogP contribution in [0.4, 0.5) is 0 Å². The largest absolute Gasteiger partial charge is 0.309 e. The molecular weight excluding hydrogens is 833 g/mol. The Kier molecular flexibility index (Phi) is 8.68. The van der Waals surface area contributed by atoms with Crippen LogP contribution in [0.5, 0.6) is 0 Å². The van der Waals surface area contributed by atoms with Crippen LogP contribution >= 0.6 is 0 Å². The van der Waals surface area contributed by atoms with Crippen molar-refractivity contribution in [3.05, 3.63) is 248 Å². The average molecular weight is 873 g/mol. The molecule has 0 radical (unpaired) electrons. The van der Waals surface area contributed by atoms with Crippen molar-refractivity contribution < 1.29 is 0 Å². The Morgan fingerprint density at radius 3 is 1.33 bits per heavy atom. The van der Waals surface area contributed by atoms with E-state index in [2.05, 4.69) is 241 Å². The van der Waals surface area contributed by atoms with E-state index in [9.17, 15) is 5.26 Å². The Hall–Kier alpha value is -9.29. The fraction of sp³-hybridized carbons (Fsp3) is 0. The zero-order valence-electron chi connectivity index (χ0n) is 37.5. The minimum atomic E-state index is 0.662. The van der Waals surface area contributed by atoms with Crippen molar-refractivity contribution in [3.63, 3.8) is 0 Å². The molecule has 13 aromatic carbocycles. The molecule has 0 saturated carbocycles. The number of para-hydroxylation sites is 1. The summed E-state index contributed by atoms with van der Waals surface area (Å²) >= 11 is 0. The second-order valence-corrected chi connectivity index (χ2v) is 18.3. The number of rotatable bonds is 6. The van der Waals surface area contributed by atoms with Gasteiger partial charge in [0.15, 0.2) is 0 Å². The molecule has 0 unspecified atom stereocenters. The summed E-state index contributed by atoms with van der Waals surface area (Å²) in [7, 11) is 0. The third-order valence-electron chi connectivity index (χ3n) is 14.5. The van der Waals surface area contributed by atoms with E-state index < -0.39 is 0 Å². The Morgan fingerprint density at radius 2 is 0.754 bits per heavy atom. The molecule has 0 aliphatic carbocycles. The first kappa shape index (κ1) is 38.9. The molecule has 0 fully saturated rings. The predicted molar refractivity (Wildman–Crippen MR) is 291 cm³/mol. The van der Waals surface area contributed by atoms with Gasteiger partial charge in [-0.2, -0.15) is 5.26 Å². The number of fused-ring (bicyclic) bond motifs is 4. The summed E-state index contributed by atoms with van der Waals surface area (Å²) < 4.78 is 2.32. The highest BCUT2D eigenvalue weighted by atomic mass is 15.0. The molecule has 69 heavy (non-hydrogen) atoms. The van der Waals surface area contributed by atoms with Crippen molar-refractivity contribution in [2.75, 3.05) is 0 Å². The Labute approximate surface area is 399 Å². The molecule has 1 heterocycles. The topological polar surface area (TPSA) is 28.7 Å². The second kappa shape index (κ2) is 15.4. The van der Waals surface area contributed by atoms with E-state index in [1.54, 1.807) is 0 Å². The van der Waals surface area contributed by atoms with Crippen LogP contribution in [0.3, 0.4) is 0 Å². The van der Waals surface area contributed by atoms with Crippen LogP contribution in [-0.4, -0.2) is 4.57 Å². The van der Waals surface area contributed by atoms with Crippen LogP contribution in [0.15, 0.2) is 243 Å². The first-order valence-electron chi connectivity index (χ1n) is 23.6. The first-order valence-corrected chi connectivity index (χ1v) is 23.6. The molecule has 0 saturated heterocycles. The fourth-order valence-corrected chi connectivity index (χ4v) is 11.4. The van der Waals surface area contributed by atoms with Crippen molar-refractivity contribution in [1.29, 1.82) is 5.26 Å². The molecule has 1 aromatic heterocycles. The van der Waals surface area contributed by atoms with E-state index in [1.165, 1.54) is 92.6 Å². The van der Waals surface area contributed by atoms with Gasteiger partial charge in [0.2, 0.25) is 0 Å². The van der Waals surface area contributed by atoms with Gasteiger partial charge >= 0.3 is 0 Å². The summed E-state index contributed by atoms with van der Waals surface area (Å²) in [5.74, 6) is 0. The molecule has 0 N–H and O–H groups in total. The van der Waals surface area contributed by atoms with Crippen LogP contribution in [0, 0.1) is 11.3 Å². The van der Waals surface area contributed by atoms with Crippen molar-refractivity contribution in [2.45, 2.75) is 0 Å². The summed E-state index contributed by atoms with van der Waals surface area (Å²) in [6.45, 7) is 0. The third-order valence-corrected chi connectivity index (χ3v) is 14.5. The van der Waals surface area contributed by atoms with Crippen LogP contribution < -0.4 is 0 Å². The maximum absolute atomic E-state index is 10.0. The van der Waals surface area contributed by atoms with Crippen LogP contribution in [-0.2, 0) is 0 Å². The normalized spacial score (nSPS) is 11.8. The minimum absolute atomic E-state index is 0.662. The second-order valence-electron chi connectivity index (χ2n) is 18.3. The number of nitriles is 1. The van der Waals surface area contributed by atoms with Gasteiger partial charge in [-0.25, -0.2) is 0 Å². The molecule has 0 aliphatic heterocycles. The molecule has 14 rings (SSSR count). The lowest BCUT2D eigenvalue weighted by Crippen LogP contribution is -1.94. The number of hydrogen-bond donors (Lipinski definition) is 0. The van der Waals surface area contributed by atoms with Crippen molar-refractivity contribution in [2.24, 2.45) is 0 Å². The predicted octanol–water partition coefficient (Wildman–Crippen LogP) is 18.2. The lowest BCUT2D eigenvalue weighted by atomic mass is 9.82. The van der Waals surface area contributed by atoms with E-state index in [0.717, 1.165) is 44.4 Å². The van der Waals surface area contributed by atoms with E-state index in [1.807, 2.05) is 12.1 Å². The molecule has 0 bridgehead atoms. The Balaban J connectivity index is 0.992. The van der Waals surface area contributed by atoms with Gasteiger partial charge in [-0.15, -0.1) is 0 Å². The van der Waals surface area contributed by atoms with Crippen molar-refractivity contribution in [1.82, 2.24) is 4.57 Å². The molecule has 0 amide bonds. The zero-order valence-corrected chi connectivity index (χ0v) is 37.5. The maximum atomic E-state index is 10.0. The van der Waals surface area contributed by atoms with Gasteiger partial charge < -0.3 is 4.57 Å². The minimum Gasteiger partial charge on any atom is -0.309 e. The molecule has 0 atom stereocenters. The summed E-state index contributed by atoms with van der Waals surface area (Å²) in [5.41, 5.74) is 15.9. The van der Waals surface area contributed by atoms with E-state index in [4.69, 9.17) is 0 Å². The summed E-state index contributed by atoms with van der Waals surface area (Å²) in [6.07, 6.45) is 0. The maximum Gasteiger partial charge on any atom is 0.0992 e. The number of benzene rings is 13. The van der Waals surface area contributed by atoms with E-state index in [-0.39, 0.29) is 0 Å². The first-order chi connectivity index (χ1) is 34.2. The quantitative estimate of drug-likeness (QED) is 0.121. The SMILES string of the molecule is N#Cc1cc2ccc3cc(-c4ccc(-c5ccc6c(-c7cccc8ccccc78)c7cc(-c8ccccc8)ccc7c(-c7cccc8ccccc78)c6c5)cc4)cc4c3c2c(c1)n4-c1ccccc1. The molecule has 0 spiro atoms. The van der Waals surface area contributed by atoms with Crippen LogP contribution in [0.25, 0.3) is 137 Å². The Morgan fingerprint density at radius 1 is 0.290 bits per heavy atom. The molecule has 318 valence electrons. The monoisotopic (exact) mass is 872 g/mol. The van der Waals surface area contributed by atoms with Gasteiger partial charge in [-0.3, -0.25) is 0 Å². The van der Waals surface area contributed by atoms with Gasteiger partial charge in [0, 0.05) is 16.5 Å². The van der Waals surface area contributed by atoms with Crippen LogP contribution in [0.2, 0.25) is 0 Å². The zero-order chi connectivity index (χ0) is 45.6. The van der Waals surface area contributed by atoms with E-state index in [0.29, 0.717) is 5.56 Å². The number of nitrogens with zero attached hydrogens (tertiary/aromatic N) is 2. The lowest BCUT2D eigenvalue weighted by molar-refractivity contribution is 1.18. The standard InChI is InChI=1S/C67H40N2/c68-41-42-35-50-29-30-51-37-52(40-63-65(51)64(50)62(36-42)69(63)53-19-5-2-6-20-53)45-27-25-44(26-28-45)49-32-34-59-61(39-49)67(57-24-12-18-47-16-8-10-22-55(47)57)58-33-31-48(43-13-3-1-4-14-43)38-60(58)66(59)56-23-11-17-46-15-7-9-21-54(46)56/h1-40H. The number of aromatic nitrogens is 1. The smallest absolute Gasteiger partial charge is 0.0992 e. The lowest BCUT2D eigenvalue weighted by Gasteiger charge is -2.21. The fourth-order valence-electron chi connectivity index (χ4n) is 11.4. The highest BCUT2D eigenvalue weighted by molar-refractivity contribution is 6.27. The average Bonchev–Trinajstić information content (AvgIpc) is 3.76. The third kappa shape index (κ3) is 6.12. The molecule has 0 aliphatic rings. The molecule has 2 nitrogen and oxygen atoms in total. The van der Waals surface area contributed by atoms with Gasteiger partial charge in [0.1, 0.15) is 0 Å². The highest BCUT2D eigenvalue weighted by Gasteiger charge is 2.22. The molecule has 2 heteroatoms. The molecular formula is C67H40N2. The summed E-state index contributed by atoms with van der Waals surface area (Å²) in [5, 5.41) is 24.5. The van der Waals surface area contributed by atoms with Crippen molar-refractivity contribution >= 4 is 75.7 Å². The van der Waals surface area contributed by atoms with Gasteiger partial charge in [0.25, 0.3) is 0 Å². The van der Waals surface area contributed by atoms with Gasteiger partial charge in [0.05, 0.1) is 22.7 Å². The van der Waals surface area contributed by atoms with Gasteiger partial charge in [-0.1, -0.05) is 194 Å². The number of hydrogen-bond acceptors (Lipinski definition) is 1. The highest BCUT2D eigenvalue weighted by Crippen LogP contribution is 2.49. The van der Waals surface area contributed by atoms with Crippen molar-refractivity contribution in [3.8, 4) is 67.4 Å². The van der Waals surface area contributed by atoms with Gasteiger partial charge in [-0.05, 0) is 158 Å². The summed E-state index contributed by atoms with van der Waals surface area (Å²) in [6, 6.07) is 91.1.